The fraction of sp³-hybridized carbons (Fsp3) is 0.200. The highest BCUT2D eigenvalue weighted by Gasteiger charge is 2.20. The summed E-state index contributed by atoms with van der Waals surface area (Å²) in [6, 6.07) is 8.18. The van der Waals surface area contributed by atoms with Crippen molar-refractivity contribution in [2.24, 2.45) is 0 Å². The van der Waals surface area contributed by atoms with Gasteiger partial charge in [-0.2, -0.15) is 0 Å². The smallest absolute Gasteiger partial charge is 0.331 e. The van der Waals surface area contributed by atoms with E-state index in [0.717, 1.165) is 18.2 Å². The van der Waals surface area contributed by atoms with Crippen molar-refractivity contribution in [3.8, 4) is 11.5 Å². The fourth-order valence-corrected chi connectivity index (χ4v) is 2.22. The molecule has 1 atom stereocenters. The van der Waals surface area contributed by atoms with Gasteiger partial charge in [-0.15, -0.1) is 0 Å². The van der Waals surface area contributed by atoms with Crippen LogP contribution in [0.4, 0.5) is 14.5 Å². The second-order valence-corrected chi connectivity index (χ2v) is 5.61. The van der Waals surface area contributed by atoms with E-state index in [4.69, 9.17) is 14.2 Å². The number of hydrogen-bond donors (Lipinski definition) is 1. The average molecular weight is 391 g/mol. The first-order valence-electron chi connectivity index (χ1n) is 8.21. The second-order valence-electron chi connectivity index (χ2n) is 5.61. The molecular formula is C20H19F2NO5. The number of anilines is 1. The molecule has 0 fully saturated rings. The number of halogens is 2. The third kappa shape index (κ3) is 5.29. The number of para-hydroxylation sites is 1. The molecule has 0 saturated carbocycles. The van der Waals surface area contributed by atoms with Crippen LogP contribution < -0.4 is 14.8 Å². The van der Waals surface area contributed by atoms with Gasteiger partial charge in [0.15, 0.2) is 6.10 Å². The van der Waals surface area contributed by atoms with E-state index in [1.165, 1.54) is 33.3 Å². The number of methoxy groups -OCH3 is 2. The number of rotatable bonds is 7. The molecule has 2 aromatic rings. The SMILES string of the molecule is COc1ccc(/C=C/C(=O)OC(C)C(=O)Nc2c(F)cccc2F)c(OC)c1. The summed E-state index contributed by atoms with van der Waals surface area (Å²) >= 11 is 0. The molecule has 0 heterocycles. The van der Waals surface area contributed by atoms with Crippen molar-refractivity contribution in [3.05, 3.63) is 59.7 Å². The van der Waals surface area contributed by atoms with E-state index in [1.54, 1.807) is 18.2 Å². The van der Waals surface area contributed by atoms with E-state index in [1.807, 2.05) is 0 Å². The molecule has 2 rings (SSSR count). The van der Waals surface area contributed by atoms with Gasteiger partial charge in [0.25, 0.3) is 5.91 Å². The summed E-state index contributed by atoms with van der Waals surface area (Å²) in [5.74, 6) is -2.48. The monoisotopic (exact) mass is 391 g/mol. The number of nitrogens with one attached hydrogen (secondary N) is 1. The molecular weight excluding hydrogens is 372 g/mol. The lowest BCUT2D eigenvalue weighted by Crippen LogP contribution is -2.30. The molecule has 0 radical (unpaired) electrons. The van der Waals surface area contributed by atoms with E-state index in [-0.39, 0.29) is 0 Å². The molecule has 0 aliphatic rings. The highest BCUT2D eigenvalue weighted by molar-refractivity contribution is 5.96. The van der Waals surface area contributed by atoms with Crippen LogP contribution in [0.2, 0.25) is 0 Å². The Balaban J connectivity index is 2.00. The minimum atomic E-state index is -1.27. The lowest BCUT2D eigenvalue weighted by atomic mass is 10.1. The first kappa shape index (κ1) is 20.9. The van der Waals surface area contributed by atoms with Gasteiger partial charge in [-0.3, -0.25) is 4.79 Å². The maximum atomic E-state index is 13.6. The van der Waals surface area contributed by atoms with Gasteiger partial charge in [-0.05, 0) is 37.3 Å². The lowest BCUT2D eigenvalue weighted by molar-refractivity contribution is -0.148. The maximum Gasteiger partial charge on any atom is 0.331 e. The zero-order valence-corrected chi connectivity index (χ0v) is 15.5. The zero-order chi connectivity index (χ0) is 20.7. The van der Waals surface area contributed by atoms with Crippen molar-refractivity contribution in [1.82, 2.24) is 0 Å². The Morgan fingerprint density at radius 1 is 1.07 bits per heavy atom. The third-order valence-electron chi connectivity index (χ3n) is 3.71. The van der Waals surface area contributed by atoms with E-state index in [9.17, 15) is 18.4 Å². The van der Waals surface area contributed by atoms with Crippen molar-refractivity contribution in [1.29, 1.82) is 0 Å². The number of carbonyl (C=O) groups is 2. The van der Waals surface area contributed by atoms with Gasteiger partial charge in [0.1, 0.15) is 28.8 Å². The molecule has 0 spiro atoms. The molecule has 0 aliphatic carbocycles. The molecule has 2 aromatic carbocycles. The van der Waals surface area contributed by atoms with Gasteiger partial charge in [-0.25, -0.2) is 13.6 Å². The summed E-state index contributed by atoms with van der Waals surface area (Å²) in [6.07, 6.45) is 1.29. The number of benzene rings is 2. The third-order valence-corrected chi connectivity index (χ3v) is 3.71. The van der Waals surface area contributed by atoms with Crippen LogP contribution in [0, 0.1) is 11.6 Å². The Morgan fingerprint density at radius 2 is 1.75 bits per heavy atom. The number of ether oxygens (including phenoxy) is 3. The number of hydrogen-bond acceptors (Lipinski definition) is 5. The van der Waals surface area contributed by atoms with Gasteiger partial charge in [-0.1, -0.05) is 6.07 Å². The quantitative estimate of drug-likeness (QED) is 0.577. The van der Waals surface area contributed by atoms with Crippen LogP contribution in [0.3, 0.4) is 0 Å². The zero-order valence-electron chi connectivity index (χ0n) is 15.5. The van der Waals surface area contributed by atoms with Crippen molar-refractivity contribution in [2.75, 3.05) is 19.5 Å². The molecule has 28 heavy (non-hydrogen) atoms. The summed E-state index contributed by atoms with van der Waals surface area (Å²) in [6.45, 7) is 1.29. The Bertz CT molecular complexity index is 878. The predicted molar refractivity (Wildman–Crippen MR) is 99.1 cm³/mol. The van der Waals surface area contributed by atoms with Crippen LogP contribution in [0.15, 0.2) is 42.5 Å². The Kier molecular flexibility index (Phi) is 7.08. The topological polar surface area (TPSA) is 73.9 Å². The number of carbonyl (C=O) groups excluding carboxylic acids is 2. The summed E-state index contributed by atoms with van der Waals surface area (Å²) in [4.78, 5) is 24.0. The van der Waals surface area contributed by atoms with Crippen LogP contribution in [0.1, 0.15) is 12.5 Å². The van der Waals surface area contributed by atoms with Gasteiger partial charge in [0, 0.05) is 17.7 Å². The number of esters is 1. The predicted octanol–water partition coefficient (Wildman–Crippen LogP) is 3.57. The molecule has 0 saturated heterocycles. The Hall–Kier alpha value is -3.42. The summed E-state index contributed by atoms with van der Waals surface area (Å²) in [7, 11) is 2.99. The van der Waals surface area contributed by atoms with E-state index in [0.29, 0.717) is 17.1 Å². The molecule has 0 aromatic heterocycles. The minimum absolute atomic E-state index is 0.476. The molecule has 8 heteroatoms. The van der Waals surface area contributed by atoms with Crippen molar-refractivity contribution < 1.29 is 32.6 Å². The highest BCUT2D eigenvalue weighted by Crippen LogP contribution is 2.25. The summed E-state index contributed by atoms with van der Waals surface area (Å²) in [5.41, 5.74) is -0.0142. The average Bonchev–Trinajstić information content (AvgIpc) is 2.68. The van der Waals surface area contributed by atoms with Crippen LogP contribution in [-0.4, -0.2) is 32.2 Å². The van der Waals surface area contributed by atoms with Gasteiger partial charge in [0.2, 0.25) is 0 Å². The fourth-order valence-electron chi connectivity index (χ4n) is 2.22. The summed E-state index contributed by atoms with van der Waals surface area (Å²) in [5, 5.41) is 2.06. The first-order valence-corrected chi connectivity index (χ1v) is 8.21. The van der Waals surface area contributed by atoms with Crippen LogP contribution in [0.25, 0.3) is 6.08 Å². The van der Waals surface area contributed by atoms with Crippen LogP contribution in [-0.2, 0) is 14.3 Å². The molecule has 1 unspecified atom stereocenters. The normalized spacial score (nSPS) is 11.8. The van der Waals surface area contributed by atoms with Gasteiger partial charge >= 0.3 is 5.97 Å². The standard InChI is InChI=1S/C20H19F2NO5/c1-12(20(25)23-19-15(21)5-4-6-16(19)22)28-18(24)10-8-13-7-9-14(26-2)11-17(13)27-3/h4-12H,1-3H3,(H,23,25)/b10-8+. The Labute approximate surface area is 160 Å². The molecule has 6 nitrogen and oxygen atoms in total. The van der Waals surface area contributed by atoms with Crippen LogP contribution >= 0.6 is 0 Å². The van der Waals surface area contributed by atoms with Gasteiger partial charge in [0.05, 0.1) is 14.2 Å². The minimum Gasteiger partial charge on any atom is -0.497 e. The van der Waals surface area contributed by atoms with E-state index < -0.39 is 35.3 Å². The van der Waals surface area contributed by atoms with Crippen LogP contribution in [0.5, 0.6) is 11.5 Å². The second kappa shape index (κ2) is 9.50. The molecule has 0 aliphatic heterocycles. The molecule has 1 N–H and O–H groups in total. The van der Waals surface area contributed by atoms with E-state index in [2.05, 4.69) is 5.32 Å². The van der Waals surface area contributed by atoms with Crippen molar-refractivity contribution >= 4 is 23.6 Å². The molecule has 0 bridgehead atoms. The van der Waals surface area contributed by atoms with E-state index >= 15 is 0 Å². The summed E-state index contributed by atoms with van der Waals surface area (Å²) < 4.78 is 42.4. The van der Waals surface area contributed by atoms with Gasteiger partial charge < -0.3 is 19.5 Å². The number of amides is 1. The first-order chi connectivity index (χ1) is 13.3. The van der Waals surface area contributed by atoms with Crippen molar-refractivity contribution in [2.45, 2.75) is 13.0 Å². The lowest BCUT2D eigenvalue weighted by Gasteiger charge is -2.13. The van der Waals surface area contributed by atoms with Crippen molar-refractivity contribution in [3.63, 3.8) is 0 Å². The highest BCUT2D eigenvalue weighted by atomic mass is 19.1. The maximum absolute atomic E-state index is 13.6. The largest absolute Gasteiger partial charge is 0.497 e. The molecule has 1 amide bonds. The Morgan fingerprint density at radius 3 is 2.36 bits per heavy atom. The molecule has 148 valence electrons.